The van der Waals surface area contributed by atoms with Crippen molar-refractivity contribution in [1.29, 1.82) is 0 Å². The van der Waals surface area contributed by atoms with Gasteiger partial charge in [-0.05, 0) is 25.0 Å². The maximum atomic E-state index is 12.1. The molecular weight excluding hydrogens is 256 g/mol. The smallest absolute Gasteiger partial charge is 0.262 e. The largest absolute Gasteiger partial charge is 0.352 e. The Hall–Kier alpha value is -2.17. The van der Waals surface area contributed by atoms with Crippen LogP contribution < -0.4 is 5.32 Å². The SMILES string of the molecule is O=C(CN1C(=O)c2ccccc2C1=O)NC1CCCC1. The van der Waals surface area contributed by atoms with E-state index in [4.69, 9.17) is 0 Å². The van der Waals surface area contributed by atoms with E-state index in [-0.39, 0.29) is 30.3 Å². The van der Waals surface area contributed by atoms with Crippen molar-refractivity contribution >= 4 is 17.7 Å². The van der Waals surface area contributed by atoms with E-state index in [0.29, 0.717) is 11.1 Å². The first kappa shape index (κ1) is 12.8. The maximum absolute atomic E-state index is 12.1. The van der Waals surface area contributed by atoms with E-state index in [2.05, 4.69) is 5.32 Å². The monoisotopic (exact) mass is 272 g/mol. The molecule has 20 heavy (non-hydrogen) atoms. The fraction of sp³-hybridized carbons (Fsp3) is 0.400. The summed E-state index contributed by atoms with van der Waals surface area (Å²) in [6.45, 7) is -0.192. The number of nitrogens with one attached hydrogen (secondary N) is 1. The lowest BCUT2D eigenvalue weighted by Gasteiger charge is -2.16. The molecule has 3 amide bonds. The molecule has 1 saturated carbocycles. The molecule has 1 aliphatic carbocycles. The zero-order valence-electron chi connectivity index (χ0n) is 11.1. The van der Waals surface area contributed by atoms with Crippen LogP contribution in [0.2, 0.25) is 0 Å². The van der Waals surface area contributed by atoms with Gasteiger partial charge < -0.3 is 5.32 Å². The van der Waals surface area contributed by atoms with Gasteiger partial charge in [0, 0.05) is 6.04 Å². The second-order valence-corrected chi connectivity index (χ2v) is 5.29. The average Bonchev–Trinajstić information content (AvgIpc) is 3.03. The number of rotatable bonds is 3. The van der Waals surface area contributed by atoms with Gasteiger partial charge in [-0.3, -0.25) is 19.3 Å². The van der Waals surface area contributed by atoms with Crippen LogP contribution in [0.15, 0.2) is 24.3 Å². The van der Waals surface area contributed by atoms with Crippen LogP contribution >= 0.6 is 0 Å². The minimum atomic E-state index is -0.382. The van der Waals surface area contributed by atoms with Crippen molar-refractivity contribution in [3.8, 4) is 0 Å². The highest BCUT2D eigenvalue weighted by Gasteiger charge is 2.36. The molecule has 0 spiro atoms. The predicted octanol–water partition coefficient (Wildman–Crippen LogP) is 1.34. The summed E-state index contributed by atoms with van der Waals surface area (Å²) in [6, 6.07) is 6.85. The average molecular weight is 272 g/mol. The molecule has 0 atom stereocenters. The second kappa shape index (κ2) is 5.07. The summed E-state index contributed by atoms with van der Waals surface area (Å²) in [5, 5.41) is 2.89. The number of nitrogens with zero attached hydrogens (tertiary/aromatic N) is 1. The molecule has 1 aromatic carbocycles. The van der Waals surface area contributed by atoms with Crippen molar-refractivity contribution in [1.82, 2.24) is 10.2 Å². The van der Waals surface area contributed by atoms with E-state index in [1.165, 1.54) is 0 Å². The fourth-order valence-corrected chi connectivity index (χ4v) is 2.87. The Morgan fingerprint density at radius 2 is 1.65 bits per heavy atom. The zero-order chi connectivity index (χ0) is 14.1. The number of imide groups is 1. The normalized spacial score (nSPS) is 18.5. The lowest BCUT2D eigenvalue weighted by atomic mass is 10.1. The van der Waals surface area contributed by atoms with Crippen LogP contribution in [-0.4, -0.2) is 35.2 Å². The van der Waals surface area contributed by atoms with Crippen LogP contribution in [0.25, 0.3) is 0 Å². The predicted molar refractivity (Wildman–Crippen MR) is 72.2 cm³/mol. The van der Waals surface area contributed by atoms with Gasteiger partial charge in [0.05, 0.1) is 11.1 Å². The van der Waals surface area contributed by atoms with Crippen LogP contribution in [0.1, 0.15) is 46.4 Å². The van der Waals surface area contributed by atoms with Gasteiger partial charge in [0.15, 0.2) is 0 Å². The van der Waals surface area contributed by atoms with Crippen molar-refractivity contribution < 1.29 is 14.4 Å². The number of carbonyl (C=O) groups is 3. The Bertz CT molecular complexity index is 541. The summed E-state index contributed by atoms with van der Waals surface area (Å²) in [4.78, 5) is 37.2. The van der Waals surface area contributed by atoms with Gasteiger partial charge in [0.25, 0.3) is 11.8 Å². The molecule has 0 bridgehead atoms. The Morgan fingerprint density at radius 1 is 1.10 bits per heavy atom. The quantitative estimate of drug-likeness (QED) is 0.844. The second-order valence-electron chi connectivity index (χ2n) is 5.29. The van der Waals surface area contributed by atoms with Crippen LogP contribution in [0, 0.1) is 0 Å². The molecule has 1 aromatic rings. The van der Waals surface area contributed by atoms with E-state index in [1.807, 2.05) is 0 Å². The summed E-state index contributed by atoms with van der Waals surface area (Å²) in [5.41, 5.74) is 0.761. The Labute approximate surface area is 116 Å². The molecule has 0 radical (unpaired) electrons. The summed E-state index contributed by atoms with van der Waals surface area (Å²) in [5.74, 6) is -1.02. The summed E-state index contributed by atoms with van der Waals surface area (Å²) < 4.78 is 0. The number of amides is 3. The van der Waals surface area contributed by atoms with Gasteiger partial charge in [0.2, 0.25) is 5.91 Å². The van der Waals surface area contributed by atoms with E-state index < -0.39 is 0 Å². The first-order valence-corrected chi connectivity index (χ1v) is 6.91. The van der Waals surface area contributed by atoms with Gasteiger partial charge in [-0.1, -0.05) is 25.0 Å². The van der Waals surface area contributed by atoms with E-state index in [1.54, 1.807) is 24.3 Å². The highest BCUT2D eigenvalue weighted by atomic mass is 16.2. The topological polar surface area (TPSA) is 66.5 Å². The van der Waals surface area contributed by atoms with Crippen LogP contribution in [0.3, 0.4) is 0 Å². The molecule has 0 unspecified atom stereocenters. The Morgan fingerprint density at radius 3 is 2.20 bits per heavy atom. The fourth-order valence-electron chi connectivity index (χ4n) is 2.87. The molecule has 1 heterocycles. The summed E-state index contributed by atoms with van der Waals surface area (Å²) in [7, 11) is 0. The number of carbonyl (C=O) groups excluding carboxylic acids is 3. The number of hydrogen-bond donors (Lipinski definition) is 1. The highest BCUT2D eigenvalue weighted by Crippen LogP contribution is 2.22. The Kier molecular flexibility index (Phi) is 3.26. The maximum Gasteiger partial charge on any atom is 0.262 e. The number of hydrogen-bond acceptors (Lipinski definition) is 3. The van der Waals surface area contributed by atoms with E-state index >= 15 is 0 Å². The molecule has 2 aliphatic rings. The van der Waals surface area contributed by atoms with Crippen LogP contribution in [0.5, 0.6) is 0 Å². The molecule has 5 nitrogen and oxygen atoms in total. The molecule has 3 rings (SSSR count). The summed E-state index contributed by atoms with van der Waals surface area (Å²) in [6.07, 6.45) is 4.21. The highest BCUT2D eigenvalue weighted by molar-refractivity contribution is 6.22. The van der Waals surface area contributed by atoms with Gasteiger partial charge >= 0.3 is 0 Å². The lowest BCUT2D eigenvalue weighted by Crippen LogP contribution is -2.43. The minimum Gasteiger partial charge on any atom is -0.352 e. The third-order valence-corrected chi connectivity index (χ3v) is 3.90. The van der Waals surface area contributed by atoms with Crippen molar-refractivity contribution in [2.75, 3.05) is 6.54 Å². The first-order chi connectivity index (χ1) is 9.66. The van der Waals surface area contributed by atoms with Crippen LogP contribution in [0.4, 0.5) is 0 Å². The van der Waals surface area contributed by atoms with E-state index in [9.17, 15) is 14.4 Å². The van der Waals surface area contributed by atoms with Gasteiger partial charge in [-0.2, -0.15) is 0 Å². The summed E-state index contributed by atoms with van der Waals surface area (Å²) >= 11 is 0. The molecule has 104 valence electrons. The van der Waals surface area contributed by atoms with Crippen molar-refractivity contribution in [2.24, 2.45) is 0 Å². The van der Waals surface area contributed by atoms with E-state index in [0.717, 1.165) is 30.6 Å². The minimum absolute atomic E-state index is 0.192. The van der Waals surface area contributed by atoms with Crippen molar-refractivity contribution in [3.05, 3.63) is 35.4 Å². The molecular formula is C15H16N2O3. The Balaban J connectivity index is 1.68. The van der Waals surface area contributed by atoms with Gasteiger partial charge in [-0.25, -0.2) is 0 Å². The molecule has 1 N–H and O–H groups in total. The molecule has 1 aliphatic heterocycles. The first-order valence-electron chi connectivity index (χ1n) is 6.91. The van der Waals surface area contributed by atoms with Crippen LogP contribution in [-0.2, 0) is 4.79 Å². The third kappa shape index (κ3) is 2.19. The number of benzene rings is 1. The zero-order valence-corrected chi connectivity index (χ0v) is 11.1. The molecule has 5 heteroatoms. The standard InChI is InChI=1S/C15H16N2O3/c18-13(16-10-5-1-2-6-10)9-17-14(19)11-7-3-4-8-12(11)15(17)20/h3-4,7-8,10H,1-2,5-6,9H2,(H,16,18). The lowest BCUT2D eigenvalue weighted by molar-refractivity contribution is -0.122. The van der Waals surface area contributed by atoms with Gasteiger partial charge in [-0.15, -0.1) is 0 Å². The molecule has 0 saturated heterocycles. The van der Waals surface area contributed by atoms with Crippen molar-refractivity contribution in [2.45, 2.75) is 31.7 Å². The molecule has 0 aromatic heterocycles. The molecule has 1 fully saturated rings. The number of fused-ring (bicyclic) bond motifs is 1. The van der Waals surface area contributed by atoms with Gasteiger partial charge in [0.1, 0.15) is 6.54 Å². The van der Waals surface area contributed by atoms with Crippen molar-refractivity contribution in [3.63, 3.8) is 0 Å². The third-order valence-electron chi connectivity index (χ3n) is 3.90.